The third-order valence-electron chi connectivity index (χ3n) is 8.59. The molecular weight excluding hydrogens is 669 g/mol. The molecule has 0 radical (unpaired) electrons. The summed E-state index contributed by atoms with van der Waals surface area (Å²) in [5, 5.41) is 12.9. The minimum Gasteiger partial charge on any atom is -0.494 e. The number of carbonyl (C=O) groups is 1. The van der Waals surface area contributed by atoms with Gasteiger partial charge in [0.1, 0.15) is 5.75 Å². The Kier molecular flexibility index (Phi) is 13.2. The number of unbranched alkanes of at least 4 members (excludes halogenated alkanes) is 1. The smallest absolute Gasteiger partial charge is 0.266 e. The first-order chi connectivity index (χ1) is 24.9. The zero-order valence-electron chi connectivity index (χ0n) is 28.2. The van der Waals surface area contributed by atoms with Gasteiger partial charge in [-0.05, 0) is 77.9 Å². The van der Waals surface area contributed by atoms with E-state index in [1.165, 1.54) is 17.7 Å². The highest BCUT2D eigenvalue weighted by molar-refractivity contribution is 7.91. The van der Waals surface area contributed by atoms with Crippen LogP contribution in [0.1, 0.15) is 54.0 Å². The summed E-state index contributed by atoms with van der Waals surface area (Å²) in [5.41, 5.74) is 16.2. The number of aliphatic hydroxyl groups is 1. The zero-order valence-corrected chi connectivity index (χ0v) is 29.0. The van der Waals surface area contributed by atoms with Crippen LogP contribution in [-0.2, 0) is 32.3 Å². The van der Waals surface area contributed by atoms with E-state index in [-0.39, 0.29) is 30.4 Å². The van der Waals surface area contributed by atoms with E-state index in [0.717, 1.165) is 19.3 Å². The number of sulfone groups is 1. The molecule has 266 valence electrons. The van der Waals surface area contributed by atoms with E-state index in [2.05, 4.69) is 33.0 Å². The molecule has 13 heteroatoms. The topological polar surface area (TPSA) is 175 Å². The molecule has 12 nitrogen and oxygen atoms in total. The fourth-order valence-electron chi connectivity index (χ4n) is 5.86. The van der Waals surface area contributed by atoms with Crippen molar-refractivity contribution in [1.82, 2.24) is 10.9 Å². The molecule has 0 fully saturated rings. The molecule has 0 spiro atoms. The summed E-state index contributed by atoms with van der Waals surface area (Å²) in [6.45, 7) is 0.819. The second kappa shape index (κ2) is 18.2. The van der Waals surface area contributed by atoms with Crippen LogP contribution in [0.5, 0.6) is 5.75 Å². The van der Waals surface area contributed by atoms with Crippen molar-refractivity contribution in [1.29, 1.82) is 0 Å². The third kappa shape index (κ3) is 9.74. The van der Waals surface area contributed by atoms with Crippen molar-refractivity contribution >= 4 is 21.6 Å². The number of nitrogens with one attached hydrogen (secondary N) is 2. The van der Waals surface area contributed by atoms with Gasteiger partial charge in [0.05, 0.1) is 23.8 Å². The van der Waals surface area contributed by atoms with E-state index in [1.54, 1.807) is 66.7 Å². The van der Waals surface area contributed by atoms with Gasteiger partial charge in [0.15, 0.2) is 21.5 Å². The monoisotopic (exact) mass is 710 g/mol. The summed E-state index contributed by atoms with van der Waals surface area (Å²) in [6, 6.07) is 32.3. The Morgan fingerprint density at radius 2 is 1.65 bits per heavy atom. The van der Waals surface area contributed by atoms with Crippen molar-refractivity contribution in [2.45, 2.75) is 55.2 Å². The van der Waals surface area contributed by atoms with E-state index >= 15 is 0 Å². The number of aliphatic hydroxyl groups excluding tert-OH is 1. The van der Waals surface area contributed by atoms with Crippen LogP contribution >= 0.6 is 0 Å². The van der Waals surface area contributed by atoms with Crippen LogP contribution in [0, 0.1) is 0 Å². The van der Waals surface area contributed by atoms with Gasteiger partial charge in [0.25, 0.3) is 5.91 Å². The molecule has 0 saturated carbocycles. The van der Waals surface area contributed by atoms with Gasteiger partial charge >= 0.3 is 0 Å². The van der Waals surface area contributed by atoms with Crippen LogP contribution in [0.3, 0.4) is 0 Å². The van der Waals surface area contributed by atoms with Crippen LogP contribution < -0.4 is 15.6 Å². The second-order valence-electron chi connectivity index (χ2n) is 12.1. The summed E-state index contributed by atoms with van der Waals surface area (Å²) in [7, 11) is -3.83. The number of hydrogen-bond donors (Lipinski definition) is 3. The first-order valence-electron chi connectivity index (χ1n) is 16.9. The number of azide groups is 1. The Hall–Kier alpha value is -5.20. The number of nitrogens with zero attached hydrogens (tertiary/aromatic N) is 4. The standard InChI is InChI=1S/C38H42N6O6S/c39-44-41-28-31-15-7-8-18-34(31)35-38(23-27-51(47,48)33-16-5-2-6-17-33,37(46)43-40-24-10-9-14-29-12-3-1-4-13-29)42-36(50-35)30-19-21-32(22-20-30)49-26-11-25-45/h1-8,12-13,15-22,35,40,45H,9-11,14,23-28H2,(H,43,46)/t35-,38-/m0/s1. The fraction of sp³-hybridized carbons (Fsp3) is 0.316. The van der Waals surface area contributed by atoms with Gasteiger partial charge in [-0.15, -0.1) is 0 Å². The number of aryl methyl sites for hydroxylation is 1. The summed E-state index contributed by atoms with van der Waals surface area (Å²) in [4.78, 5) is 22.5. The maximum Gasteiger partial charge on any atom is 0.266 e. The summed E-state index contributed by atoms with van der Waals surface area (Å²) in [5.74, 6) is -0.225. The molecule has 0 aliphatic carbocycles. The van der Waals surface area contributed by atoms with Gasteiger partial charge in [-0.1, -0.05) is 77.9 Å². The Morgan fingerprint density at radius 3 is 2.37 bits per heavy atom. The molecule has 1 heterocycles. The first kappa shape index (κ1) is 37.1. The molecule has 4 aromatic carbocycles. The van der Waals surface area contributed by atoms with Crippen LogP contribution in [0.25, 0.3) is 10.4 Å². The van der Waals surface area contributed by atoms with Gasteiger partial charge in [-0.2, -0.15) is 0 Å². The van der Waals surface area contributed by atoms with E-state index in [4.69, 9.17) is 25.1 Å². The molecule has 3 N–H and O–H groups in total. The summed E-state index contributed by atoms with van der Waals surface area (Å²) < 4.78 is 39.5. The number of ether oxygens (including phenoxy) is 2. The molecule has 0 saturated heterocycles. The Morgan fingerprint density at radius 1 is 0.941 bits per heavy atom. The van der Waals surface area contributed by atoms with Gasteiger partial charge in [0, 0.05) is 36.5 Å². The van der Waals surface area contributed by atoms with Crippen LogP contribution in [-0.4, -0.2) is 56.4 Å². The average Bonchev–Trinajstić information content (AvgIpc) is 3.56. The van der Waals surface area contributed by atoms with Gasteiger partial charge in [-0.25, -0.2) is 18.8 Å². The predicted octanol–water partition coefficient (Wildman–Crippen LogP) is 6.02. The molecule has 0 unspecified atom stereocenters. The molecule has 0 aromatic heterocycles. The number of amides is 1. The second-order valence-corrected chi connectivity index (χ2v) is 14.2. The maximum absolute atomic E-state index is 14.5. The van der Waals surface area contributed by atoms with E-state index in [1.807, 2.05) is 18.2 Å². The molecule has 0 bridgehead atoms. The van der Waals surface area contributed by atoms with Crippen molar-refractivity contribution in [2.75, 3.05) is 25.5 Å². The van der Waals surface area contributed by atoms with Crippen molar-refractivity contribution in [3.8, 4) is 5.75 Å². The van der Waals surface area contributed by atoms with Crippen LogP contribution in [0.15, 0.2) is 124 Å². The van der Waals surface area contributed by atoms with E-state index in [9.17, 15) is 13.2 Å². The summed E-state index contributed by atoms with van der Waals surface area (Å²) in [6.07, 6.45) is 1.78. The highest BCUT2D eigenvalue weighted by Crippen LogP contribution is 2.44. The number of rotatable bonds is 19. The number of benzene rings is 4. The lowest BCUT2D eigenvalue weighted by atomic mass is 9.83. The SMILES string of the molecule is [N-]=[N+]=NCc1ccccc1[C@@H]1OC(c2ccc(OCCCO)cc2)=N[C@]1(CCS(=O)(=O)c1ccccc1)C(=O)NNCCCCc1ccccc1. The Labute approximate surface area is 298 Å². The van der Waals surface area contributed by atoms with Crippen molar-refractivity contribution in [3.63, 3.8) is 0 Å². The maximum atomic E-state index is 14.5. The highest BCUT2D eigenvalue weighted by atomic mass is 32.2. The van der Waals surface area contributed by atoms with Crippen LogP contribution in [0.4, 0.5) is 0 Å². The van der Waals surface area contributed by atoms with E-state index < -0.39 is 33.1 Å². The molecule has 5 rings (SSSR count). The number of carbonyl (C=O) groups excluding carboxylic acids is 1. The molecule has 4 aromatic rings. The lowest BCUT2D eigenvalue weighted by Crippen LogP contribution is -2.53. The van der Waals surface area contributed by atoms with Gasteiger partial charge < -0.3 is 14.6 Å². The molecule has 1 amide bonds. The Balaban J connectivity index is 1.48. The molecular formula is C38H42N6O6S. The van der Waals surface area contributed by atoms with Crippen molar-refractivity contribution in [2.24, 2.45) is 10.1 Å². The van der Waals surface area contributed by atoms with Gasteiger partial charge in [0.2, 0.25) is 5.90 Å². The van der Waals surface area contributed by atoms with Crippen LogP contribution in [0.2, 0.25) is 0 Å². The quantitative estimate of drug-likeness (QED) is 0.0350. The number of hydrazine groups is 1. The Bertz CT molecular complexity index is 1920. The van der Waals surface area contributed by atoms with Crippen molar-refractivity contribution < 1.29 is 27.8 Å². The number of aliphatic imine (C=N–C) groups is 1. The van der Waals surface area contributed by atoms with Gasteiger partial charge in [-0.3, -0.25) is 10.2 Å². The number of hydrogen-bond acceptors (Lipinski definition) is 9. The largest absolute Gasteiger partial charge is 0.494 e. The average molecular weight is 711 g/mol. The zero-order chi connectivity index (χ0) is 35.9. The lowest BCUT2D eigenvalue weighted by molar-refractivity contribution is -0.130. The molecule has 1 aliphatic rings. The highest BCUT2D eigenvalue weighted by Gasteiger charge is 2.54. The minimum absolute atomic E-state index is 0.0119. The minimum atomic E-state index is -3.83. The summed E-state index contributed by atoms with van der Waals surface area (Å²) >= 11 is 0. The third-order valence-corrected chi connectivity index (χ3v) is 10.3. The lowest BCUT2D eigenvalue weighted by Gasteiger charge is -2.31. The first-order valence-corrected chi connectivity index (χ1v) is 18.6. The van der Waals surface area contributed by atoms with E-state index in [0.29, 0.717) is 42.0 Å². The van der Waals surface area contributed by atoms with Crippen molar-refractivity contribution in [3.05, 3.63) is 142 Å². The molecule has 1 aliphatic heterocycles. The normalized spacial score (nSPS) is 16.8. The predicted molar refractivity (Wildman–Crippen MR) is 195 cm³/mol. The molecule has 2 atom stereocenters. The fourth-order valence-corrected chi connectivity index (χ4v) is 7.25. The molecule has 51 heavy (non-hydrogen) atoms.